The molecule has 94 valence electrons. The van der Waals surface area contributed by atoms with Crippen molar-refractivity contribution in [3.05, 3.63) is 53.9 Å². The van der Waals surface area contributed by atoms with E-state index in [-0.39, 0.29) is 0 Å². The Morgan fingerprint density at radius 3 is 2.61 bits per heavy atom. The van der Waals surface area contributed by atoms with Crippen LogP contribution in [0.3, 0.4) is 0 Å². The molecule has 0 spiro atoms. The van der Waals surface area contributed by atoms with E-state index in [2.05, 4.69) is 45.9 Å². The maximum absolute atomic E-state index is 4.68. The van der Waals surface area contributed by atoms with E-state index < -0.39 is 0 Å². The molecular weight excluding hydrogens is 260 g/mol. The van der Waals surface area contributed by atoms with Crippen LogP contribution in [-0.2, 0) is 6.54 Å². The molecular formula is C14H16N2S2. The van der Waals surface area contributed by atoms with Crippen molar-refractivity contribution in [3.63, 3.8) is 0 Å². The summed E-state index contributed by atoms with van der Waals surface area (Å²) in [6.07, 6.45) is 3.83. The van der Waals surface area contributed by atoms with Crippen LogP contribution in [-0.4, -0.2) is 23.0 Å². The second-order valence-electron chi connectivity index (χ2n) is 3.89. The highest BCUT2D eigenvalue weighted by Crippen LogP contribution is 2.28. The lowest BCUT2D eigenvalue weighted by molar-refractivity contribution is 0.324. The summed E-state index contributed by atoms with van der Waals surface area (Å²) in [5.74, 6) is 0. The third-order valence-electron chi connectivity index (χ3n) is 2.44. The van der Waals surface area contributed by atoms with Crippen molar-refractivity contribution in [1.29, 1.82) is 0 Å². The molecule has 2 aromatic heterocycles. The molecule has 0 saturated carbocycles. The predicted molar refractivity (Wildman–Crippen MR) is 81.1 cm³/mol. The summed E-state index contributed by atoms with van der Waals surface area (Å²) in [6.45, 7) is 10.1. The van der Waals surface area contributed by atoms with Gasteiger partial charge in [0.1, 0.15) is 5.01 Å². The zero-order valence-corrected chi connectivity index (χ0v) is 11.8. The molecule has 0 unspecified atom stereocenters. The van der Waals surface area contributed by atoms with Crippen LogP contribution in [0, 0.1) is 0 Å². The first-order chi connectivity index (χ1) is 8.83. The Bertz CT molecular complexity index is 490. The zero-order chi connectivity index (χ0) is 12.8. The fraction of sp³-hybridized carbons (Fsp3) is 0.214. The average molecular weight is 276 g/mol. The molecule has 0 aliphatic carbocycles. The SMILES string of the molecule is C=CCN(CC=C)Cc1csc(-c2cccs2)n1. The minimum absolute atomic E-state index is 0.847. The van der Waals surface area contributed by atoms with Crippen LogP contribution < -0.4 is 0 Å². The molecule has 0 radical (unpaired) electrons. The second kappa shape index (κ2) is 6.64. The van der Waals surface area contributed by atoms with Gasteiger partial charge in [-0.05, 0) is 11.4 Å². The molecule has 0 bridgehead atoms. The first-order valence-electron chi connectivity index (χ1n) is 5.76. The van der Waals surface area contributed by atoms with Gasteiger partial charge in [0.05, 0.1) is 10.6 Å². The first-order valence-corrected chi connectivity index (χ1v) is 7.52. The Balaban J connectivity index is 2.05. The van der Waals surface area contributed by atoms with Gasteiger partial charge in [0, 0.05) is 25.0 Å². The number of aromatic nitrogens is 1. The zero-order valence-electron chi connectivity index (χ0n) is 10.2. The molecule has 2 rings (SSSR count). The number of hydrogen-bond donors (Lipinski definition) is 0. The summed E-state index contributed by atoms with van der Waals surface area (Å²) in [5, 5.41) is 5.32. The highest BCUT2D eigenvalue weighted by Gasteiger charge is 2.08. The summed E-state index contributed by atoms with van der Waals surface area (Å²) >= 11 is 3.44. The van der Waals surface area contributed by atoms with Gasteiger partial charge >= 0.3 is 0 Å². The van der Waals surface area contributed by atoms with Crippen molar-refractivity contribution < 1.29 is 0 Å². The van der Waals surface area contributed by atoms with Gasteiger partial charge < -0.3 is 0 Å². The number of thiophene rings is 1. The number of nitrogens with zero attached hydrogens (tertiary/aromatic N) is 2. The normalized spacial score (nSPS) is 10.7. The van der Waals surface area contributed by atoms with Gasteiger partial charge in [-0.15, -0.1) is 35.8 Å². The van der Waals surface area contributed by atoms with Crippen molar-refractivity contribution in [2.45, 2.75) is 6.54 Å². The quantitative estimate of drug-likeness (QED) is 0.709. The van der Waals surface area contributed by atoms with E-state index in [0.717, 1.165) is 30.3 Å². The predicted octanol–water partition coefficient (Wildman–Crippen LogP) is 4.05. The molecule has 2 nitrogen and oxygen atoms in total. The minimum Gasteiger partial charge on any atom is -0.290 e. The van der Waals surface area contributed by atoms with Crippen LogP contribution in [0.2, 0.25) is 0 Å². The summed E-state index contributed by atoms with van der Waals surface area (Å²) in [6, 6.07) is 4.17. The van der Waals surface area contributed by atoms with E-state index in [9.17, 15) is 0 Å². The van der Waals surface area contributed by atoms with Gasteiger partial charge in [0.25, 0.3) is 0 Å². The Morgan fingerprint density at radius 2 is 2.00 bits per heavy atom. The molecule has 18 heavy (non-hydrogen) atoms. The van der Waals surface area contributed by atoms with E-state index in [1.807, 2.05) is 12.2 Å². The Kier molecular flexibility index (Phi) is 4.87. The van der Waals surface area contributed by atoms with E-state index in [1.165, 1.54) is 4.88 Å². The second-order valence-corrected chi connectivity index (χ2v) is 5.70. The first kappa shape index (κ1) is 13.2. The van der Waals surface area contributed by atoms with Crippen molar-refractivity contribution in [2.24, 2.45) is 0 Å². The van der Waals surface area contributed by atoms with Crippen molar-refractivity contribution in [3.8, 4) is 9.88 Å². The maximum Gasteiger partial charge on any atom is 0.133 e. The smallest absolute Gasteiger partial charge is 0.133 e. The monoisotopic (exact) mass is 276 g/mol. The summed E-state index contributed by atoms with van der Waals surface area (Å²) in [4.78, 5) is 8.17. The Labute approximate surface area is 116 Å². The molecule has 0 aromatic carbocycles. The highest BCUT2D eigenvalue weighted by molar-refractivity contribution is 7.20. The van der Waals surface area contributed by atoms with Crippen LogP contribution in [0.1, 0.15) is 5.69 Å². The molecule has 0 N–H and O–H groups in total. The lowest BCUT2D eigenvalue weighted by atomic mass is 10.4. The van der Waals surface area contributed by atoms with E-state index in [0.29, 0.717) is 0 Å². The van der Waals surface area contributed by atoms with Gasteiger partial charge in [-0.2, -0.15) is 0 Å². The van der Waals surface area contributed by atoms with Crippen LogP contribution in [0.4, 0.5) is 0 Å². The molecule has 0 fully saturated rings. The summed E-state index contributed by atoms with van der Waals surface area (Å²) in [7, 11) is 0. The van der Waals surface area contributed by atoms with Crippen molar-refractivity contribution >= 4 is 22.7 Å². The molecule has 2 heterocycles. The molecule has 0 amide bonds. The van der Waals surface area contributed by atoms with Crippen LogP contribution in [0.25, 0.3) is 9.88 Å². The lowest BCUT2D eigenvalue weighted by Gasteiger charge is -2.16. The third kappa shape index (κ3) is 3.38. The topological polar surface area (TPSA) is 16.1 Å². The van der Waals surface area contributed by atoms with E-state index in [4.69, 9.17) is 0 Å². The molecule has 0 atom stereocenters. The molecule has 4 heteroatoms. The van der Waals surface area contributed by atoms with Gasteiger partial charge in [-0.25, -0.2) is 4.98 Å². The fourth-order valence-corrected chi connectivity index (χ4v) is 3.32. The van der Waals surface area contributed by atoms with E-state index >= 15 is 0 Å². The van der Waals surface area contributed by atoms with Gasteiger partial charge in [0.15, 0.2) is 0 Å². The lowest BCUT2D eigenvalue weighted by Crippen LogP contribution is -2.23. The van der Waals surface area contributed by atoms with Gasteiger partial charge in [0.2, 0.25) is 0 Å². The standard InChI is InChI=1S/C14H16N2S2/c1-3-7-16(8-4-2)10-12-11-18-14(15-12)13-6-5-9-17-13/h3-6,9,11H,1-2,7-8,10H2. The average Bonchev–Trinajstić information content (AvgIpc) is 2.98. The number of thiazole rings is 1. The van der Waals surface area contributed by atoms with E-state index in [1.54, 1.807) is 22.7 Å². The Morgan fingerprint density at radius 1 is 1.22 bits per heavy atom. The fourth-order valence-electron chi connectivity index (χ4n) is 1.69. The minimum atomic E-state index is 0.847. The molecule has 0 aliphatic rings. The van der Waals surface area contributed by atoms with Gasteiger partial charge in [-0.1, -0.05) is 18.2 Å². The molecule has 0 saturated heterocycles. The van der Waals surface area contributed by atoms with Crippen LogP contribution >= 0.6 is 22.7 Å². The summed E-state index contributed by atoms with van der Waals surface area (Å²) < 4.78 is 0. The number of rotatable bonds is 7. The van der Waals surface area contributed by atoms with Gasteiger partial charge in [-0.3, -0.25) is 4.90 Å². The van der Waals surface area contributed by atoms with Crippen LogP contribution in [0.5, 0.6) is 0 Å². The van der Waals surface area contributed by atoms with Crippen LogP contribution in [0.15, 0.2) is 48.2 Å². The number of hydrogen-bond acceptors (Lipinski definition) is 4. The highest BCUT2D eigenvalue weighted by atomic mass is 32.1. The summed E-state index contributed by atoms with van der Waals surface area (Å²) in [5.41, 5.74) is 1.12. The molecule has 0 aliphatic heterocycles. The molecule has 2 aromatic rings. The largest absolute Gasteiger partial charge is 0.290 e. The maximum atomic E-state index is 4.68. The van der Waals surface area contributed by atoms with Crippen molar-refractivity contribution in [2.75, 3.05) is 13.1 Å². The third-order valence-corrected chi connectivity index (χ3v) is 4.37. The Hall–Kier alpha value is -1.23. The van der Waals surface area contributed by atoms with Crippen molar-refractivity contribution in [1.82, 2.24) is 9.88 Å².